The molecule has 6 heteroatoms. The van der Waals surface area contributed by atoms with Crippen LogP contribution in [0.25, 0.3) is 0 Å². The van der Waals surface area contributed by atoms with Crippen LogP contribution in [0.4, 0.5) is 0 Å². The largest absolute Gasteiger partial charge is 0.355 e. The molecule has 1 rings (SSSR count). The molecule has 2 amide bonds. The van der Waals surface area contributed by atoms with Crippen molar-refractivity contribution in [1.29, 1.82) is 0 Å². The molecule has 1 heterocycles. The van der Waals surface area contributed by atoms with Crippen LogP contribution in [0, 0.1) is 6.92 Å². The quantitative estimate of drug-likeness (QED) is 0.836. The van der Waals surface area contributed by atoms with Gasteiger partial charge >= 0.3 is 0 Å². The zero-order chi connectivity index (χ0) is 14.4. The second-order valence-electron chi connectivity index (χ2n) is 4.33. The molecule has 5 nitrogen and oxygen atoms in total. The molecule has 0 bridgehead atoms. The molecule has 0 saturated heterocycles. The first-order valence-corrected chi connectivity index (χ1v) is 6.48. The van der Waals surface area contributed by atoms with Gasteiger partial charge in [-0.3, -0.25) is 9.59 Å². The number of halogens is 1. The third-order valence-electron chi connectivity index (χ3n) is 2.47. The summed E-state index contributed by atoms with van der Waals surface area (Å²) in [5.74, 6) is -0.423. The third kappa shape index (κ3) is 4.87. The summed E-state index contributed by atoms with van der Waals surface area (Å²) >= 11 is 5.81. The molecule has 0 aliphatic carbocycles. The van der Waals surface area contributed by atoms with E-state index in [2.05, 4.69) is 10.3 Å². The van der Waals surface area contributed by atoms with E-state index in [-0.39, 0.29) is 23.5 Å². The Hall–Kier alpha value is -1.62. The SMILES string of the molecule is CCCNC(=O)CN(C)C(=O)c1cc(C)nc(Cl)c1. The summed E-state index contributed by atoms with van der Waals surface area (Å²) in [6.07, 6.45) is 0.864. The molecule has 1 N–H and O–H groups in total. The van der Waals surface area contributed by atoms with E-state index < -0.39 is 0 Å². The Morgan fingerprint density at radius 3 is 2.68 bits per heavy atom. The zero-order valence-electron chi connectivity index (χ0n) is 11.4. The lowest BCUT2D eigenvalue weighted by atomic mass is 10.2. The molecule has 1 aromatic rings. The number of nitrogens with zero attached hydrogens (tertiary/aromatic N) is 2. The second-order valence-corrected chi connectivity index (χ2v) is 4.72. The number of aromatic nitrogens is 1. The Labute approximate surface area is 118 Å². The van der Waals surface area contributed by atoms with E-state index in [4.69, 9.17) is 11.6 Å². The summed E-state index contributed by atoms with van der Waals surface area (Å²) in [5.41, 5.74) is 1.10. The highest BCUT2D eigenvalue weighted by Crippen LogP contribution is 2.12. The molecule has 0 aliphatic rings. The van der Waals surface area contributed by atoms with Gasteiger partial charge in [0.2, 0.25) is 5.91 Å². The molecule has 0 aromatic carbocycles. The molecule has 1 aromatic heterocycles. The van der Waals surface area contributed by atoms with Gasteiger partial charge in [-0.05, 0) is 25.5 Å². The molecule has 0 radical (unpaired) electrons. The van der Waals surface area contributed by atoms with Crippen molar-refractivity contribution in [3.63, 3.8) is 0 Å². The summed E-state index contributed by atoms with van der Waals surface area (Å²) in [7, 11) is 1.58. The number of nitrogens with one attached hydrogen (secondary N) is 1. The highest BCUT2D eigenvalue weighted by atomic mass is 35.5. The van der Waals surface area contributed by atoms with Crippen molar-refractivity contribution in [2.45, 2.75) is 20.3 Å². The van der Waals surface area contributed by atoms with Crippen molar-refractivity contribution in [3.8, 4) is 0 Å². The van der Waals surface area contributed by atoms with E-state index in [0.717, 1.165) is 6.42 Å². The number of hydrogen-bond acceptors (Lipinski definition) is 3. The predicted octanol–water partition coefficient (Wildman–Crippen LogP) is 1.64. The first kappa shape index (κ1) is 15.4. The van der Waals surface area contributed by atoms with Crippen molar-refractivity contribution in [3.05, 3.63) is 28.5 Å². The van der Waals surface area contributed by atoms with Crippen LogP contribution in [0.15, 0.2) is 12.1 Å². The van der Waals surface area contributed by atoms with Crippen molar-refractivity contribution in [2.24, 2.45) is 0 Å². The zero-order valence-corrected chi connectivity index (χ0v) is 12.1. The first-order valence-electron chi connectivity index (χ1n) is 6.10. The third-order valence-corrected chi connectivity index (χ3v) is 2.66. The second kappa shape index (κ2) is 7.09. The number of aryl methyl sites for hydroxylation is 1. The smallest absolute Gasteiger partial charge is 0.254 e. The highest BCUT2D eigenvalue weighted by molar-refractivity contribution is 6.29. The van der Waals surface area contributed by atoms with E-state index >= 15 is 0 Å². The molecule has 0 aliphatic heterocycles. The first-order chi connectivity index (χ1) is 8.93. The topological polar surface area (TPSA) is 62.3 Å². The van der Waals surface area contributed by atoms with Crippen LogP contribution in [0.2, 0.25) is 5.15 Å². The van der Waals surface area contributed by atoms with Crippen molar-refractivity contribution < 1.29 is 9.59 Å². The lowest BCUT2D eigenvalue weighted by Gasteiger charge is -2.17. The van der Waals surface area contributed by atoms with Gasteiger partial charge in [0, 0.05) is 24.8 Å². The maximum atomic E-state index is 12.1. The Morgan fingerprint density at radius 1 is 1.42 bits per heavy atom. The van der Waals surface area contributed by atoms with Gasteiger partial charge in [-0.1, -0.05) is 18.5 Å². The number of pyridine rings is 1. The van der Waals surface area contributed by atoms with Crippen molar-refractivity contribution >= 4 is 23.4 Å². The highest BCUT2D eigenvalue weighted by Gasteiger charge is 2.15. The average molecular weight is 284 g/mol. The van der Waals surface area contributed by atoms with E-state index in [0.29, 0.717) is 17.8 Å². The molecule has 0 saturated carbocycles. The van der Waals surface area contributed by atoms with Crippen LogP contribution in [0.1, 0.15) is 29.4 Å². The van der Waals surface area contributed by atoms with Crippen molar-refractivity contribution in [2.75, 3.05) is 20.1 Å². The van der Waals surface area contributed by atoms with Crippen LogP contribution in [0.3, 0.4) is 0 Å². The van der Waals surface area contributed by atoms with Gasteiger partial charge in [0.25, 0.3) is 5.91 Å². The maximum Gasteiger partial charge on any atom is 0.254 e. The molecule has 0 spiro atoms. The van der Waals surface area contributed by atoms with Gasteiger partial charge in [-0.15, -0.1) is 0 Å². The Balaban J connectivity index is 2.68. The van der Waals surface area contributed by atoms with E-state index in [1.807, 2.05) is 6.92 Å². The number of carbonyl (C=O) groups is 2. The summed E-state index contributed by atoms with van der Waals surface area (Å²) in [4.78, 5) is 29.0. The Kier molecular flexibility index (Phi) is 5.76. The van der Waals surface area contributed by atoms with Gasteiger partial charge in [0.05, 0.1) is 6.54 Å². The normalized spacial score (nSPS) is 10.1. The summed E-state index contributed by atoms with van der Waals surface area (Å²) in [5, 5.41) is 2.99. The molecule has 104 valence electrons. The predicted molar refractivity (Wildman–Crippen MR) is 74.2 cm³/mol. The number of carbonyl (C=O) groups excluding carboxylic acids is 2. The minimum atomic E-state index is -0.251. The molecule has 19 heavy (non-hydrogen) atoms. The standard InChI is InChI=1S/C13H18ClN3O2/c1-4-5-15-12(18)8-17(3)13(19)10-6-9(2)16-11(14)7-10/h6-7H,4-5,8H2,1-3H3,(H,15,18). The van der Waals surface area contributed by atoms with Crippen LogP contribution >= 0.6 is 11.6 Å². The van der Waals surface area contributed by atoms with Gasteiger partial charge < -0.3 is 10.2 Å². The minimum absolute atomic E-state index is 0.0256. The fourth-order valence-corrected chi connectivity index (χ4v) is 1.83. The van der Waals surface area contributed by atoms with E-state index in [1.165, 1.54) is 11.0 Å². The molecule has 0 atom stereocenters. The van der Waals surface area contributed by atoms with Gasteiger partial charge in [0.1, 0.15) is 5.15 Å². The Morgan fingerprint density at radius 2 is 2.11 bits per heavy atom. The summed E-state index contributed by atoms with van der Waals surface area (Å²) < 4.78 is 0. The fourth-order valence-electron chi connectivity index (χ4n) is 1.58. The lowest BCUT2D eigenvalue weighted by molar-refractivity contribution is -0.121. The summed E-state index contributed by atoms with van der Waals surface area (Å²) in [6, 6.07) is 3.14. The molecular weight excluding hydrogens is 266 g/mol. The maximum absolute atomic E-state index is 12.1. The van der Waals surface area contributed by atoms with Gasteiger partial charge in [-0.2, -0.15) is 0 Å². The van der Waals surface area contributed by atoms with E-state index in [1.54, 1.807) is 20.0 Å². The van der Waals surface area contributed by atoms with E-state index in [9.17, 15) is 9.59 Å². The monoisotopic (exact) mass is 283 g/mol. The number of likely N-dealkylation sites (N-methyl/N-ethyl adjacent to an activating group) is 1. The van der Waals surface area contributed by atoms with Gasteiger partial charge in [-0.25, -0.2) is 4.98 Å². The average Bonchev–Trinajstić information content (AvgIpc) is 2.34. The van der Waals surface area contributed by atoms with Crippen LogP contribution < -0.4 is 5.32 Å². The molecular formula is C13H18ClN3O2. The molecule has 0 fully saturated rings. The number of rotatable bonds is 5. The van der Waals surface area contributed by atoms with Crippen LogP contribution in [-0.4, -0.2) is 41.8 Å². The van der Waals surface area contributed by atoms with Gasteiger partial charge in [0.15, 0.2) is 0 Å². The van der Waals surface area contributed by atoms with Crippen LogP contribution in [0.5, 0.6) is 0 Å². The van der Waals surface area contributed by atoms with Crippen molar-refractivity contribution in [1.82, 2.24) is 15.2 Å². The molecule has 0 unspecified atom stereocenters. The summed E-state index contributed by atoms with van der Waals surface area (Å²) in [6.45, 7) is 4.37. The number of amides is 2. The number of hydrogen-bond donors (Lipinski definition) is 1. The lowest BCUT2D eigenvalue weighted by Crippen LogP contribution is -2.38. The Bertz CT molecular complexity index is 457. The minimum Gasteiger partial charge on any atom is -0.355 e. The van der Waals surface area contributed by atoms with Crippen LogP contribution in [-0.2, 0) is 4.79 Å². The fraction of sp³-hybridized carbons (Fsp3) is 0.462.